The molecule has 0 aromatic heterocycles. The number of hydrogen-bond donors (Lipinski definition) is 1. The molecule has 4 nitrogen and oxygen atoms in total. The Morgan fingerprint density at radius 3 is 2.48 bits per heavy atom. The van der Waals surface area contributed by atoms with Crippen molar-refractivity contribution < 1.29 is 14.3 Å². The van der Waals surface area contributed by atoms with Gasteiger partial charge in [0.25, 0.3) is 0 Å². The Morgan fingerprint density at radius 2 is 1.91 bits per heavy atom. The van der Waals surface area contributed by atoms with Crippen LogP contribution in [0, 0.1) is 23.7 Å². The maximum atomic E-state index is 12.7. The normalized spacial score (nSPS) is 26.1. The molecule has 0 bridgehead atoms. The van der Waals surface area contributed by atoms with Crippen molar-refractivity contribution in [2.45, 2.75) is 72.8 Å². The molecule has 0 spiro atoms. The van der Waals surface area contributed by atoms with Gasteiger partial charge >= 0.3 is 5.97 Å². The van der Waals surface area contributed by atoms with Crippen molar-refractivity contribution in [2.75, 3.05) is 13.2 Å². The summed E-state index contributed by atoms with van der Waals surface area (Å²) in [5.74, 6) is 1.79. The van der Waals surface area contributed by atoms with Crippen LogP contribution in [0.25, 0.3) is 0 Å². The highest BCUT2D eigenvalue weighted by atomic mass is 16.5. The highest BCUT2D eigenvalue weighted by Crippen LogP contribution is 2.38. The molecule has 1 N–H and O–H groups in total. The fourth-order valence-corrected chi connectivity index (χ4v) is 3.62. The van der Waals surface area contributed by atoms with Crippen molar-refractivity contribution in [1.29, 1.82) is 0 Å². The molecule has 4 heteroatoms. The Bertz CT molecular complexity index is 381. The van der Waals surface area contributed by atoms with Gasteiger partial charge in [-0.05, 0) is 43.4 Å². The number of rotatable bonds is 9. The Morgan fingerprint density at radius 1 is 1.22 bits per heavy atom. The third-order valence-electron chi connectivity index (χ3n) is 5.10. The van der Waals surface area contributed by atoms with Crippen LogP contribution in [0.2, 0.25) is 0 Å². The van der Waals surface area contributed by atoms with Gasteiger partial charge in [0.2, 0.25) is 0 Å². The molecule has 23 heavy (non-hydrogen) atoms. The van der Waals surface area contributed by atoms with Crippen molar-refractivity contribution in [3.05, 3.63) is 0 Å². The lowest BCUT2D eigenvalue weighted by Crippen LogP contribution is -2.44. The van der Waals surface area contributed by atoms with E-state index in [1.165, 1.54) is 6.42 Å². The van der Waals surface area contributed by atoms with Crippen LogP contribution in [0.4, 0.5) is 0 Å². The number of carbonyl (C=O) groups excluding carboxylic acids is 2. The lowest BCUT2D eigenvalue weighted by molar-refractivity contribution is -0.146. The third kappa shape index (κ3) is 6.25. The first-order valence-electron chi connectivity index (χ1n) is 9.33. The van der Waals surface area contributed by atoms with Gasteiger partial charge in [0.05, 0.1) is 13.2 Å². The van der Waals surface area contributed by atoms with Crippen LogP contribution in [0.1, 0.15) is 66.7 Å². The molecule has 0 aromatic carbocycles. The lowest BCUT2D eigenvalue weighted by atomic mass is 9.68. The molecule has 4 atom stereocenters. The van der Waals surface area contributed by atoms with Crippen LogP contribution in [0.3, 0.4) is 0 Å². The lowest BCUT2D eigenvalue weighted by Gasteiger charge is -2.36. The summed E-state index contributed by atoms with van der Waals surface area (Å²) in [5, 5.41) is 3.13. The zero-order valence-corrected chi connectivity index (χ0v) is 15.6. The number of ketones is 1. The van der Waals surface area contributed by atoms with Gasteiger partial charge in [0, 0.05) is 5.92 Å². The van der Waals surface area contributed by atoms with Gasteiger partial charge in [-0.1, -0.05) is 41.0 Å². The predicted molar refractivity (Wildman–Crippen MR) is 93.2 cm³/mol. The molecule has 1 rings (SSSR count). The number of hydrogen-bond acceptors (Lipinski definition) is 4. The summed E-state index contributed by atoms with van der Waals surface area (Å²) in [6.45, 7) is 11.3. The highest BCUT2D eigenvalue weighted by Gasteiger charge is 2.35. The molecule has 0 amide bonds. The summed E-state index contributed by atoms with van der Waals surface area (Å²) in [6.07, 6.45) is 4.81. The first-order chi connectivity index (χ1) is 10.9. The number of ether oxygens (including phenoxy) is 1. The van der Waals surface area contributed by atoms with Crippen molar-refractivity contribution in [3.63, 3.8) is 0 Å². The van der Waals surface area contributed by atoms with E-state index in [2.05, 4.69) is 26.1 Å². The maximum absolute atomic E-state index is 12.7. The Hall–Kier alpha value is -0.900. The molecule has 0 radical (unpaired) electrons. The number of Topliss-reactive ketones (excluding diaryl/α,β-unsaturated/α-hetero) is 1. The van der Waals surface area contributed by atoms with E-state index in [1.54, 1.807) is 0 Å². The summed E-state index contributed by atoms with van der Waals surface area (Å²) in [5.41, 5.74) is 0. The second kappa shape index (κ2) is 10.1. The third-order valence-corrected chi connectivity index (χ3v) is 5.10. The average molecular weight is 325 g/mol. The second-order valence-corrected chi connectivity index (χ2v) is 7.41. The van der Waals surface area contributed by atoms with Crippen LogP contribution in [-0.4, -0.2) is 30.9 Å². The number of nitrogens with one attached hydrogen (secondary N) is 1. The minimum absolute atomic E-state index is 0.135. The molecule has 1 aliphatic carbocycles. The number of esters is 1. The van der Waals surface area contributed by atoms with Crippen LogP contribution >= 0.6 is 0 Å². The summed E-state index contributed by atoms with van der Waals surface area (Å²) in [4.78, 5) is 24.7. The van der Waals surface area contributed by atoms with Crippen LogP contribution in [0.15, 0.2) is 0 Å². The van der Waals surface area contributed by atoms with Gasteiger partial charge in [0.1, 0.15) is 11.8 Å². The van der Waals surface area contributed by atoms with Crippen molar-refractivity contribution in [3.8, 4) is 0 Å². The molecule has 0 heterocycles. The van der Waals surface area contributed by atoms with E-state index in [0.29, 0.717) is 30.8 Å². The van der Waals surface area contributed by atoms with E-state index >= 15 is 0 Å². The second-order valence-electron chi connectivity index (χ2n) is 7.41. The van der Waals surface area contributed by atoms with E-state index in [4.69, 9.17) is 4.74 Å². The van der Waals surface area contributed by atoms with E-state index in [9.17, 15) is 9.59 Å². The van der Waals surface area contributed by atoms with Crippen LogP contribution in [0.5, 0.6) is 0 Å². The standard InChI is InChI=1S/C19H35NO3/c1-6-10-23-19(22)17(7-2)20-12-18(21)16-11-14(5)8-9-15(16)13(3)4/h13-17,20H,6-12H2,1-5H3/t14-,15+,16-,17-/m1/s1. The summed E-state index contributed by atoms with van der Waals surface area (Å²) in [6, 6.07) is -0.371. The smallest absolute Gasteiger partial charge is 0.323 e. The molecule has 0 unspecified atom stereocenters. The van der Waals surface area contributed by atoms with E-state index in [-0.39, 0.29) is 30.3 Å². The van der Waals surface area contributed by atoms with E-state index in [0.717, 1.165) is 19.3 Å². The van der Waals surface area contributed by atoms with Gasteiger partial charge in [-0.2, -0.15) is 0 Å². The molecule has 1 saturated carbocycles. The first kappa shape index (κ1) is 20.1. The van der Waals surface area contributed by atoms with Gasteiger partial charge in [-0.15, -0.1) is 0 Å². The highest BCUT2D eigenvalue weighted by molar-refractivity contribution is 5.84. The average Bonchev–Trinajstić information content (AvgIpc) is 2.52. The molecular weight excluding hydrogens is 290 g/mol. The zero-order valence-electron chi connectivity index (χ0n) is 15.6. The molecule has 134 valence electrons. The monoisotopic (exact) mass is 325 g/mol. The Balaban J connectivity index is 2.56. The van der Waals surface area contributed by atoms with Crippen LogP contribution < -0.4 is 5.32 Å². The van der Waals surface area contributed by atoms with Gasteiger partial charge < -0.3 is 4.74 Å². The minimum Gasteiger partial charge on any atom is -0.465 e. The number of carbonyl (C=O) groups is 2. The molecular formula is C19H35NO3. The summed E-state index contributed by atoms with van der Waals surface area (Å²) in [7, 11) is 0. The Kier molecular flexibility index (Phi) is 8.82. The zero-order chi connectivity index (χ0) is 17.4. The van der Waals surface area contributed by atoms with Gasteiger partial charge in [0.15, 0.2) is 0 Å². The molecule has 1 fully saturated rings. The van der Waals surface area contributed by atoms with Crippen molar-refractivity contribution in [2.24, 2.45) is 23.7 Å². The maximum Gasteiger partial charge on any atom is 0.323 e. The Labute approximate surface area is 141 Å². The molecule has 0 aromatic rings. The fraction of sp³-hybridized carbons (Fsp3) is 0.895. The topological polar surface area (TPSA) is 55.4 Å². The minimum atomic E-state index is -0.371. The summed E-state index contributed by atoms with van der Waals surface area (Å²) < 4.78 is 5.19. The molecule has 1 aliphatic rings. The van der Waals surface area contributed by atoms with Crippen molar-refractivity contribution >= 4 is 11.8 Å². The SMILES string of the molecule is CCCOC(=O)[C@@H](CC)NCC(=O)[C@@H]1C[C@H](C)CC[C@H]1C(C)C. The van der Waals surface area contributed by atoms with E-state index < -0.39 is 0 Å². The van der Waals surface area contributed by atoms with Crippen LogP contribution in [-0.2, 0) is 14.3 Å². The molecule has 0 aliphatic heterocycles. The quantitative estimate of drug-likeness (QED) is 0.658. The van der Waals surface area contributed by atoms with Crippen molar-refractivity contribution in [1.82, 2.24) is 5.32 Å². The largest absolute Gasteiger partial charge is 0.465 e. The van der Waals surface area contributed by atoms with E-state index in [1.807, 2.05) is 13.8 Å². The predicted octanol–water partition coefficient (Wildman–Crippen LogP) is 3.59. The molecule has 0 saturated heterocycles. The summed E-state index contributed by atoms with van der Waals surface area (Å²) >= 11 is 0. The van der Waals surface area contributed by atoms with Gasteiger partial charge in [-0.25, -0.2) is 0 Å². The van der Waals surface area contributed by atoms with Gasteiger partial charge in [-0.3, -0.25) is 14.9 Å². The fourth-order valence-electron chi connectivity index (χ4n) is 3.62. The first-order valence-corrected chi connectivity index (χ1v) is 9.33.